The summed E-state index contributed by atoms with van der Waals surface area (Å²) in [5.74, 6) is 0.374. The molecule has 170 valence electrons. The molecule has 0 saturated carbocycles. The van der Waals surface area contributed by atoms with Crippen molar-refractivity contribution in [2.75, 3.05) is 58.7 Å². The highest BCUT2D eigenvalue weighted by atomic mass is 32.2. The zero-order valence-electron chi connectivity index (χ0n) is 17.0. The second-order valence-electron chi connectivity index (χ2n) is 7.37. The number of hydrogen-bond acceptors (Lipinski definition) is 5. The number of halogens is 3. The van der Waals surface area contributed by atoms with Crippen LogP contribution in [0.2, 0.25) is 0 Å². The molecule has 2 aliphatic rings. The Morgan fingerprint density at radius 3 is 2.48 bits per heavy atom. The summed E-state index contributed by atoms with van der Waals surface area (Å²) in [7, 11) is -1.88. The van der Waals surface area contributed by atoms with Crippen LogP contribution >= 0.6 is 0 Å². The van der Waals surface area contributed by atoms with Crippen LogP contribution in [0, 0.1) is 0 Å². The number of hydrogen-bond donors (Lipinski definition) is 2. The average Bonchev–Trinajstić information content (AvgIpc) is 2.69. The number of aliphatic imine (C=N–C) groups is 1. The highest BCUT2D eigenvalue weighted by Gasteiger charge is 2.41. The van der Waals surface area contributed by atoms with Crippen LogP contribution in [0.3, 0.4) is 0 Å². The van der Waals surface area contributed by atoms with Gasteiger partial charge in [-0.3, -0.25) is 9.89 Å². The Balaban J connectivity index is 1.72. The molecule has 0 aromatic carbocycles. The highest BCUT2D eigenvalue weighted by Crippen LogP contribution is 2.25. The zero-order valence-corrected chi connectivity index (χ0v) is 17.9. The fourth-order valence-electron chi connectivity index (χ4n) is 3.42. The molecule has 2 aliphatic heterocycles. The normalized spacial score (nSPS) is 23.8. The van der Waals surface area contributed by atoms with Gasteiger partial charge in [0.15, 0.2) is 5.96 Å². The molecule has 0 amide bonds. The van der Waals surface area contributed by atoms with Crippen LogP contribution in [0.25, 0.3) is 0 Å². The van der Waals surface area contributed by atoms with Crippen LogP contribution in [0.1, 0.15) is 26.2 Å². The van der Waals surface area contributed by atoms with E-state index in [0.29, 0.717) is 25.7 Å². The second kappa shape index (κ2) is 10.8. The molecule has 0 bridgehead atoms. The summed E-state index contributed by atoms with van der Waals surface area (Å²) in [5.41, 5.74) is 0. The highest BCUT2D eigenvalue weighted by molar-refractivity contribution is 7.89. The van der Waals surface area contributed by atoms with Crippen LogP contribution < -0.4 is 10.0 Å². The van der Waals surface area contributed by atoms with Crippen molar-refractivity contribution in [2.24, 2.45) is 4.99 Å². The number of guanidine groups is 1. The summed E-state index contributed by atoms with van der Waals surface area (Å²) in [6, 6.07) is -1.48. The molecule has 2 fully saturated rings. The summed E-state index contributed by atoms with van der Waals surface area (Å²) in [5, 5.41) is 2.99. The van der Waals surface area contributed by atoms with Crippen molar-refractivity contribution in [1.29, 1.82) is 0 Å². The van der Waals surface area contributed by atoms with E-state index in [0.717, 1.165) is 19.3 Å². The first-order chi connectivity index (χ1) is 13.6. The van der Waals surface area contributed by atoms with Crippen molar-refractivity contribution in [2.45, 2.75) is 44.5 Å². The third-order valence-corrected chi connectivity index (χ3v) is 6.65. The van der Waals surface area contributed by atoms with Crippen molar-refractivity contribution < 1.29 is 26.3 Å². The van der Waals surface area contributed by atoms with E-state index in [-0.39, 0.29) is 38.0 Å². The third-order valence-electron chi connectivity index (χ3n) is 5.31. The number of sulfonamides is 1. The molecule has 12 heteroatoms. The minimum absolute atomic E-state index is 0.0744. The summed E-state index contributed by atoms with van der Waals surface area (Å²) in [6.45, 7) is 3.58. The van der Waals surface area contributed by atoms with Crippen molar-refractivity contribution in [1.82, 2.24) is 19.8 Å². The first kappa shape index (κ1) is 24.2. The SMILES string of the molecule is CN=C(NCCS(=O)(=O)NCC1CCCCO1)N1CCN(C(C)C(F)(F)F)CC1. The topological polar surface area (TPSA) is 86.3 Å². The molecule has 2 unspecified atom stereocenters. The van der Waals surface area contributed by atoms with Gasteiger partial charge in [0.25, 0.3) is 0 Å². The van der Waals surface area contributed by atoms with Crippen molar-refractivity contribution in [3.8, 4) is 0 Å². The van der Waals surface area contributed by atoms with E-state index in [1.165, 1.54) is 11.8 Å². The summed E-state index contributed by atoms with van der Waals surface area (Å²) < 4.78 is 71.0. The van der Waals surface area contributed by atoms with Crippen LogP contribution in [-0.2, 0) is 14.8 Å². The van der Waals surface area contributed by atoms with Gasteiger partial charge in [-0.2, -0.15) is 13.2 Å². The molecular formula is C17H32F3N5O3S. The number of nitrogens with one attached hydrogen (secondary N) is 2. The molecule has 0 spiro atoms. The van der Waals surface area contributed by atoms with E-state index in [9.17, 15) is 21.6 Å². The Morgan fingerprint density at radius 2 is 1.93 bits per heavy atom. The maximum Gasteiger partial charge on any atom is 0.403 e. The molecule has 2 rings (SSSR count). The van der Waals surface area contributed by atoms with Crippen LogP contribution in [-0.4, -0.2) is 101 Å². The number of alkyl halides is 3. The standard InChI is InChI=1S/C17H32F3N5O3S/c1-14(17(18,19)20)24-7-9-25(10-8-24)16(21-2)22-6-12-29(26,27)23-13-15-5-3-4-11-28-15/h14-15,23H,3-13H2,1-2H3,(H,21,22). The van der Waals surface area contributed by atoms with Crippen molar-refractivity contribution in [3.05, 3.63) is 0 Å². The Morgan fingerprint density at radius 1 is 1.24 bits per heavy atom. The smallest absolute Gasteiger partial charge is 0.377 e. The van der Waals surface area contributed by atoms with Gasteiger partial charge >= 0.3 is 6.18 Å². The predicted molar refractivity (Wildman–Crippen MR) is 105 cm³/mol. The first-order valence-electron chi connectivity index (χ1n) is 9.97. The summed E-state index contributed by atoms with van der Waals surface area (Å²) in [6.07, 6.45) is -1.41. The predicted octanol–water partition coefficient (Wildman–Crippen LogP) is 0.619. The fourth-order valence-corrected chi connectivity index (χ4v) is 4.37. The minimum atomic E-state index is -4.24. The molecule has 29 heavy (non-hydrogen) atoms. The van der Waals surface area contributed by atoms with Crippen molar-refractivity contribution in [3.63, 3.8) is 0 Å². The summed E-state index contributed by atoms with van der Waals surface area (Å²) >= 11 is 0. The number of piperazine rings is 1. The van der Waals surface area contributed by atoms with Gasteiger partial charge in [-0.25, -0.2) is 13.1 Å². The summed E-state index contributed by atoms with van der Waals surface area (Å²) in [4.78, 5) is 7.36. The quantitative estimate of drug-likeness (QED) is 0.443. The molecule has 0 aromatic rings. The van der Waals surface area contributed by atoms with Gasteiger partial charge in [0.1, 0.15) is 6.04 Å². The molecule has 0 aromatic heterocycles. The molecular weight excluding hydrogens is 411 g/mol. The zero-order chi connectivity index (χ0) is 21.5. The number of rotatable bonds is 7. The van der Waals surface area contributed by atoms with Gasteiger partial charge in [0, 0.05) is 52.9 Å². The maximum atomic E-state index is 12.9. The maximum absolute atomic E-state index is 12.9. The Bertz CT molecular complexity index is 631. The minimum Gasteiger partial charge on any atom is -0.377 e. The number of nitrogens with zero attached hydrogens (tertiary/aromatic N) is 3. The molecule has 2 atom stereocenters. The molecule has 2 N–H and O–H groups in total. The molecule has 2 saturated heterocycles. The molecule has 0 aliphatic carbocycles. The lowest BCUT2D eigenvalue weighted by Gasteiger charge is -2.39. The van der Waals surface area contributed by atoms with Gasteiger partial charge in [-0.05, 0) is 26.2 Å². The van der Waals surface area contributed by atoms with E-state index < -0.39 is 22.2 Å². The van der Waals surface area contributed by atoms with Crippen LogP contribution in [0.5, 0.6) is 0 Å². The monoisotopic (exact) mass is 443 g/mol. The van der Waals surface area contributed by atoms with E-state index in [1.54, 1.807) is 7.05 Å². The average molecular weight is 444 g/mol. The Hall–Kier alpha value is -1.11. The van der Waals surface area contributed by atoms with E-state index in [2.05, 4.69) is 15.0 Å². The molecule has 2 heterocycles. The lowest BCUT2D eigenvalue weighted by Crippen LogP contribution is -2.57. The van der Waals surface area contributed by atoms with E-state index >= 15 is 0 Å². The lowest BCUT2D eigenvalue weighted by molar-refractivity contribution is -0.181. The number of ether oxygens (including phenoxy) is 1. The van der Waals surface area contributed by atoms with Gasteiger partial charge in [-0.1, -0.05) is 0 Å². The largest absolute Gasteiger partial charge is 0.403 e. The molecule has 8 nitrogen and oxygen atoms in total. The van der Waals surface area contributed by atoms with E-state index in [1.807, 2.05) is 4.90 Å². The Labute approximate surface area is 170 Å². The van der Waals surface area contributed by atoms with Crippen LogP contribution in [0.4, 0.5) is 13.2 Å². The Kier molecular flexibility index (Phi) is 8.98. The van der Waals surface area contributed by atoms with Gasteiger partial charge in [0.2, 0.25) is 10.0 Å². The van der Waals surface area contributed by atoms with E-state index in [4.69, 9.17) is 4.74 Å². The van der Waals surface area contributed by atoms with Gasteiger partial charge in [0.05, 0.1) is 11.9 Å². The lowest BCUT2D eigenvalue weighted by atomic mass is 10.1. The first-order valence-corrected chi connectivity index (χ1v) is 11.6. The van der Waals surface area contributed by atoms with Crippen molar-refractivity contribution >= 4 is 16.0 Å². The van der Waals surface area contributed by atoms with Gasteiger partial charge < -0.3 is 15.0 Å². The fraction of sp³-hybridized carbons (Fsp3) is 0.941. The third kappa shape index (κ3) is 7.91. The molecule has 0 radical (unpaired) electrons. The van der Waals surface area contributed by atoms with Gasteiger partial charge in [-0.15, -0.1) is 0 Å². The van der Waals surface area contributed by atoms with Crippen LogP contribution in [0.15, 0.2) is 4.99 Å². The second-order valence-corrected chi connectivity index (χ2v) is 9.30.